The predicted octanol–water partition coefficient (Wildman–Crippen LogP) is 1.63. The van der Waals surface area contributed by atoms with Crippen LogP contribution < -0.4 is 10.5 Å². The van der Waals surface area contributed by atoms with E-state index in [1.165, 1.54) is 11.8 Å². The number of aliphatic hydroxyl groups excluding tert-OH is 1. The Morgan fingerprint density at radius 1 is 1.43 bits per heavy atom. The Balaban J connectivity index is 0.00000220. The molecule has 0 fully saturated rings. The van der Waals surface area contributed by atoms with E-state index in [4.69, 9.17) is 10.5 Å². The Bertz CT molecular complexity index is 577. The second kappa shape index (κ2) is 8.23. The minimum absolute atomic E-state index is 0. The number of nitrogens with zero attached hydrogens (tertiary/aromatic N) is 3. The van der Waals surface area contributed by atoms with Crippen molar-refractivity contribution in [2.75, 3.05) is 12.9 Å². The molecule has 0 aliphatic carbocycles. The average Bonchev–Trinajstić information content (AvgIpc) is 2.88. The van der Waals surface area contributed by atoms with Gasteiger partial charge in [-0.05, 0) is 19.1 Å². The number of halogens is 1. The molecule has 3 N–H and O–H groups in total. The average molecular weight is 331 g/mol. The second-order valence-corrected chi connectivity index (χ2v) is 5.29. The van der Waals surface area contributed by atoms with Crippen LogP contribution in [-0.4, -0.2) is 38.8 Å². The molecule has 0 bridgehead atoms. The van der Waals surface area contributed by atoms with Gasteiger partial charge in [0.1, 0.15) is 5.75 Å². The topological polar surface area (TPSA) is 86.2 Å². The van der Waals surface area contributed by atoms with Gasteiger partial charge in [-0.1, -0.05) is 17.8 Å². The summed E-state index contributed by atoms with van der Waals surface area (Å²) in [4.78, 5) is 0. The highest BCUT2D eigenvalue weighted by atomic mass is 35.5. The zero-order chi connectivity index (χ0) is 14.5. The van der Waals surface area contributed by atoms with Gasteiger partial charge in [0.2, 0.25) is 0 Å². The van der Waals surface area contributed by atoms with Gasteiger partial charge in [0, 0.05) is 11.8 Å². The SMILES string of the molecule is COc1cccc(-n2c(CN)nnc2SCC(C)O)c1.Cl. The number of ether oxygens (including phenoxy) is 1. The highest BCUT2D eigenvalue weighted by Gasteiger charge is 2.14. The maximum absolute atomic E-state index is 9.40. The summed E-state index contributed by atoms with van der Waals surface area (Å²) >= 11 is 1.44. The molecule has 6 nitrogen and oxygen atoms in total. The highest BCUT2D eigenvalue weighted by Crippen LogP contribution is 2.24. The molecule has 116 valence electrons. The molecule has 0 amide bonds. The molecule has 0 saturated carbocycles. The zero-order valence-corrected chi connectivity index (χ0v) is 13.5. The van der Waals surface area contributed by atoms with Crippen molar-refractivity contribution in [2.45, 2.75) is 24.7 Å². The fourth-order valence-electron chi connectivity index (χ4n) is 1.73. The molecule has 1 heterocycles. The number of hydrogen-bond donors (Lipinski definition) is 2. The van der Waals surface area contributed by atoms with Gasteiger partial charge in [0.15, 0.2) is 11.0 Å². The van der Waals surface area contributed by atoms with Crippen LogP contribution in [0.15, 0.2) is 29.4 Å². The largest absolute Gasteiger partial charge is 0.497 e. The van der Waals surface area contributed by atoms with Crippen molar-refractivity contribution in [3.63, 3.8) is 0 Å². The fourth-order valence-corrected chi connectivity index (χ4v) is 2.56. The molecule has 2 rings (SSSR count). The van der Waals surface area contributed by atoms with Crippen LogP contribution in [0, 0.1) is 0 Å². The van der Waals surface area contributed by atoms with Gasteiger partial charge in [-0.15, -0.1) is 22.6 Å². The number of thioether (sulfide) groups is 1. The third kappa shape index (κ3) is 4.34. The van der Waals surface area contributed by atoms with Crippen molar-refractivity contribution in [3.8, 4) is 11.4 Å². The lowest BCUT2D eigenvalue weighted by atomic mass is 10.3. The van der Waals surface area contributed by atoms with E-state index < -0.39 is 6.10 Å². The first-order valence-corrected chi connectivity index (χ1v) is 7.24. The molecule has 0 spiro atoms. The van der Waals surface area contributed by atoms with E-state index in [9.17, 15) is 5.11 Å². The van der Waals surface area contributed by atoms with E-state index in [1.807, 2.05) is 28.8 Å². The van der Waals surface area contributed by atoms with E-state index in [1.54, 1.807) is 14.0 Å². The first-order chi connectivity index (χ1) is 9.65. The standard InChI is InChI=1S/C13H18N4O2S.ClH/c1-9(18)8-20-13-16-15-12(7-14)17(13)10-4-3-5-11(6-10)19-2;/h3-6,9,18H,7-8,14H2,1-2H3;1H. The normalized spacial score (nSPS) is 11.8. The monoisotopic (exact) mass is 330 g/mol. The number of aliphatic hydroxyl groups is 1. The minimum atomic E-state index is -0.406. The van der Waals surface area contributed by atoms with E-state index in [2.05, 4.69) is 10.2 Å². The van der Waals surface area contributed by atoms with E-state index in [-0.39, 0.29) is 12.4 Å². The van der Waals surface area contributed by atoms with Crippen LogP contribution in [0.3, 0.4) is 0 Å². The number of rotatable bonds is 6. The minimum Gasteiger partial charge on any atom is -0.497 e. The molecule has 1 unspecified atom stereocenters. The molecular formula is C13H19ClN4O2S. The highest BCUT2D eigenvalue weighted by molar-refractivity contribution is 7.99. The number of hydrogen-bond acceptors (Lipinski definition) is 6. The first-order valence-electron chi connectivity index (χ1n) is 6.25. The molecule has 1 aromatic carbocycles. The molecule has 0 saturated heterocycles. The van der Waals surface area contributed by atoms with Gasteiger partial charge in [0.25, 0.3) is 0 Å². The Kier molecular flexibility index (Phi) is 6.97. The van der Waals surface area contributed by atoms with Gasteiger partial charge in [-0.25, -0.2) is 0 Å². The van der Waals surface area contributed by atoms with Gasteiger partial charge >= 0.3 is 0 Å². The summed E-state index contributed by atoms with van der Waals surface area (Å²) in [5.41, 5.74) is 6.61. The van der Waals surface area contributed by atoms with Crippen molar-refractivity contribution in [3.05, 3.63) is 30.1 Å². The third-order valence-corrected chi connectivity index (χ3v) is 3.82. The molecular weight excluding hydrogens is 312 g/mol. The quantitative estimate of drug-likeness (QED) is 0.783. The zero-order valence-electron chi connectivity index (χ0n) is 11.9. The van der Waals surface area contributed by atoms with E-state index in [0.29, 0.717) is 23.3 Å². The van der Waals surface area contributed by atoms with E-state index in [0.717, 1.165) is 11.4 Å². The van der Waals surface area contributed by atoms with Crippen LogP contribution in [0.5, 0.6) is 5.75 Å². The van der Waals surface area contributed by atoms with Gasteiger partial charge in [0.05, 0.1) is 25.4 Å². The fraction of sp³-hybridized carbons (Fsp3) is 0.385. The van der Waals surface area contributed by atoms with E-state index >= 15 is 0 Å². The van der Waals surface area contributed by atoms with Crippen molar-refractivity contribution in [2.24, 2.45) is 5.73 Å². The molecule has 0 radical (unpaired) electrons. The number of benzene rings is 1. The lowest BCUT2D eigenvalue weighted by Gasteiger charge is -2.11. The molecule has 0 aliphatic heterocycles. The smallest absolute Gasteiger partial charge is 0.195 e. The maximum Gasteiger partial charge on any atom is 0.195 e. The Morgan fingerprint density at radius 2 is 2.19 bits per heavy atom. The molecule has 0 aliphatic rings. The van der Waals surface area contributed by atoms with Crippen LogP contribution in [0.1, 0.15) is 12.7 Å². The predicted molar refractivity (Wildman–Crippen MR) is 85.5 cm³/mol. The molecule has 1 atom stereocenters. The number of aromatic nitrogens is 3. The van der Waals surface area contributed by atoms with Crippen molar-refractivity contribution >= 4 is 24.2 Å². The Hall–Kier alpha value is -1.28. The van der Waals surface area contributed by atoms with Crippen molar-refractivity contribution in [1.29, 1.82) is 0 Å². The van der Waals surface area contributed by atoms with Crippen LogP contribution in [-0.2, 0) is 6.54 Å². The number of nitrogens with two attached hydrogens (primary N) is 1. The summed E-state index contributed by atoms with van der Waals surface area (Å²) in [7, 11) is 1.62. The van der Waals surface area contributed by atoms with Crippen LogP contribution in [0.2, 0.25) is 0 Å². The van der Waals surface area contributed by atoms with Crippen molar-refractivity contribution < 1.29 is 9.84 Å². The second-order valence-electron chi connectivity index (χ2n) is 4.30. The summed E-state index contributed by atoms with van der Waals surface area (Å²) in [5, 5.41) is 18.3. The summed E-state index contributed by atoms with van der Waals surface area (Å²) < 4.78 is 7.12. The van der Waals surface area contributed by atoms with Gasteiger partial charge in [-0.3, -0.25) is 4.57 Å². The Labute approximate surface area is 134 Å². The van der Waals surface area contributed by atoms with Crippen LogP contribution >= 0.6 is 24.2 Å². The summed E-state index contributed by atoms with van der Waals surface area (Å²) in [6, 6.07) is 7.61. The molecule has 2 aromatic rings. The first kappa shape index (κ1) is 17.8. The Morgan fingerprint density at radius 3 is 2.81 bits per heavy atom. The van der Waals surface area contributed by atoms with Crippen LogP contribution in [0.25, 0.3) is 5.69 Å². The van der Waals surface area contributed by atoms with Gasteiger partial charge < -0.3 is 15.6 Å². The third-order valence-electron chi connectivity index (χ3n) is 2.65. The number of methoxy groups -OCH3 is 1. The molecule has 8 heteroatoms. The summed E-state index contributed by atoms with van der Waals surface area (Å²) in [5.74, 6) is 1.98. The summed E-state index contributed by atoms with van der Waals surface area (Å²) in [6.07, 6.45) is -0.406. The molecule has 1 aromatic heterocycles. The van der Waals surface area contributed by atoms with Crippen LogP contribution in [0.4, 0.5) is 0 Å². The van der Waals surface area contributed by atoms with Gasteiger partial charge in [-0.2, -0.15) is 0 Å². The lowest BCUT2D eigenvalue weighted by molar-refractivity contribution is 0.220. The molecule has 21 heavy (non-hydrogen) atoms. The maximum atomic E-state index is 9.40. The summed E-state index contributed by atoms with van der Waals surface area (Å²) in [6.45, 7) is 2.03. The lowest BCUT2D eigenvalue weighted by Crippen LogP contribution is -2.09. The van der Waals surface area contributed by atoms with Crippen molar-refractivity contribution in [1.82, 2.24) is 14.8 Å².